The lowest BCUT2D eigenvalue weighted by Crippen LogP contribution is -2.70. The van der Waals surface area contributed by atoms with Crippen molar-refractivity contribution in [2.45, 2.75) is 23.9 Å². The lowest BCUT2D eigenvalue weighted by Gasteiger charge is -2.48. The fraction of sp³-hybridized carbons (Fsp3) is 0.179. The Balaban J connectivity index is 1.28. The molecular weight excluding hydrogens is 460 g/mol. The standard InChI is InChI=1S/C28H24N2O4S/c31-23(18-19-10-4-1-5-11-19)29-24-26(32)30-22(16-17-35-27(24)30)28(33)34-25(20-12-6-2-7-13-20)21-14-8-3-9-15-21/h1-16,24-25,27H,17-18H2,(H,29,31)/t24-,27?/m1/s1. The van der Waals surface area contributed by atoms with E-state index in [1.165, 1.54) is 16.7 Å². The summed E-state index contributed by atoms with van der Waals surface area (Å²) in [6, 6.07) is 27.7. The zero-order valence-corrected chi connectivity index (χ0v) is 19.7. The van der Waals surface area contributed by atoms with Crippen molar-refractivity contribution in [3.63, 3.8) is 0 Å². The molecule has 2 heterocycles. The molecule has 0 aliphatic carbocycles. The third kappa shape index (κ3) is 4.86. The molecule has 3 aromatic rings. The molecule has 0 saturated carbocycles. The summed E-state index contributed by atoms with van der Waals surface area (Å²) in [5.74, 6) is -0.537. The number of carbonyl (C=O) groups excluding carboxylic acids is 3. The Morgan fingerprint density at radius 1 is 0.914 bits per heavy atom. The van der Waals surface area contributed by atoms with Gasteiger partial charge in [-0.05, 0) is 22.8 Å². The summed E-state index contributed by atoms with van der Waals surface area (Å²) >= 11 is 1.51. The van der Waals surface area contributed by atoms with Crippen LogP contribution in [0.5, 0.6) is 0 Å². The van der Waals surface area contributed by atoms with E-state index in [9.17, 15) is 14.4 Å². The molecule has 2 aliphatic rings. The van der Waals surface area contributed by atoms with Gasteiger partial charge in [-0.2, -0.15) is 0 Å². The molecule has 6 nitrogen and oxygen atoms in total. The number of nitrogens with zero attached hydrogens (tertiary/aromatic N) is 1. The maximum absolute atomic E-state index is 13.3. The van der Waals surface area contributed by atoms with Crippen molar-refractivity contribution in [2.75, 3.05) is 5.75 Å². The number of carbonyl (C=O) groups is 3. The lowest BCUT2D eigenvalue weighted by molar-refractivity contribution is -0.154. The molecule has 7 heteroatoms. The smallest absolute Gasteiger partial charge is 0.355 e. The second kappa shape index (κ2) is 10.2. The quantitative estimate of drug-likeness (QED) is 0.407. The summed E-state index contributed by atoms with van der Waals surface area (Å²) in [7, 11) is 0. The van der Waals surface area contributed by atoms with E-state index in [-0.39, 0.29) is 29.3 Å². The molecule has 2 aliphatic heterocycles. The van der Waals surface area contributed by atoms with Gasteiger partial charge in [-0.15, -0.1) is 11.8 Å². The van der Waals surface area contributed by atoms with Crippen molar-refractivity contribution in [2.24, 2.45) is 0 Å². The summed E-state index contributed by atoms with van der Waals surface area (Å²) in [6.07, 6.45) is 1.32. The average Bonchev–Trinajstić information content (AvgIpc) is 2.91. The van der Waals surface area contributed by atoms with Gasteiger partial charge in [-0.1, -0.05) is 91.0 Å². The van der Waals surface area contributed by atoms with Crippen molar-refractivity contribution < 1.29 is 19.1 Å². The van der Waals surface area contributed by atoms with E-state index in [0.717, 1.165) is 16.7 Å². The highest BCUT2D eigenvalue weighted by atomic mass is 32.2. The van der Waals surface area contributed by atoms with E-state index < -0.39 is 18.1 Å². The first-order valence-electron chi connectivity index (χ1n) is 11.4. The van der Waals surface area contributed by atoms with E-state index >= 15 is 0 Å². The predicted octanol–water partition coefficient (Wildman–Crippen LogP) is 3.85. The molecule has 0 aromatic heterocycles. The third-order valence-corrected chi connectivity index (χ3v) is 7.19. The van der Waals surface area contributed by atoms with Crippen LogP contribution in [0.3, 0.4) is 0 Å². The number of β-lactam (4-membered cyclic amide) rings is 1. The molecule has 0 spiro atoms. The molecule has 2 amide bonds. The monoisotopic (exact) mass is 484 g/mol. The van der Waals surface area contributed by atoms with Crippen molar-refractivity contribution in [1.29, 1.82) is 0 Å². The van der Waals surface area contributed by atoms with Crippen LogP contribution < -0.4 is 5.32 Å². The highest BCUT2D eigenvalue weighted by Crippen LogP contribution is 2.39. The zero-order valence-electron chi connectivity index (χ0n) is 18.9. The van der Waals surface area contributed by atoms with E-state index in [2.05, 4.69) is 5.32 Å². The Bertz CT molecular complexity index is 1210. The van der Waals surface area contributed by atoms with Gasteiger partial charge in [0.15, 0.2) is 6.10 Å². The Morgan fingerprint density at radius 3 is 2.09 bits per heavy atom. The summed E-state index contributed by atoms with van der Waals surface area (Å²) in [5.41, 5.74) is 2.79. The van der Waals surface area contributed by atoms with E-state index in [4.69, 9.17) is 4.74 Å². The minimum absolute atomic E-state index is 0.197. The van der Waals surface area contributed by atoms with Gasteiger partial charge in [0.25, 0.3) is 5.91 Å². The van der Waals surface area contributed by atoms with Crippen molar-refractivity contribution in [1.82, 2.24) is 10.2 Å². The number of nitrogens with one attached hydrogen (secondary N) is 1. The molecule has 2 atom stereocenters. The van der Waals surface area contributed by atoms with Crippen LogP contribution in [-0.4, -0.2) is 39.9 Å². The molecule has 0 radical (unpaired) electrons. The van der Waals surface area contributed by atoms with Crippen molar-refractivity contribution >= 4 is 29.5 Å². The first-order chi connectivity index (χ1) is 17.1. The first-order valence-corrected chi connectivity index (χ1v) is 12.5. The number of thioether (sulfide) groups is 1. The molecule has 0 bridgehead atoms. The van der Waals surface area contributed by atoms with E-state index in [0.29, 0.717) is 5.75 Å². The van der Waals surface area contributed by atoms with E-state index in [1.807, 2.05) is 91.0 Å². The Kier molecular flexibility index (Phi) is 6.68. The number of hydrogen-bond acceptors (Lipinski definition) is 5. The number of esters is 1. The number of rotatable bonds is 7. The lowest BCUT2D eigenvalue weighted by atomic mass is 10.0. The highest BCUT2D eigenvalue weighted by molar-refractivity contribution is 8.00. The van der Waals surface area contributed by atoms with Gasteiger partial charge in [0.1, 0.15) is 17.1 Å². The summed E-state index contributed by atoms with van der Waals surface area (Å²) in [4.78, 5) is 40.2. The molecule has 1 unspecified atom stereocenters. The number of fused-ring (bicyclic) bond motifs is 1. The van der Waals surface area contributed by atoms with Gasteiger partial charge in [0, 0.05) is 5.75 Å². The van der Waals surface area contributed by atoms with Crippen LogP contribution in [0.15, 0.2) is 103 Å². The zero-order chi connectivity index (χ0) is 24.2. The summed E-state index contributed by atoms with van der Waals surface area (Å²) in [5, 5.41) is 2.50. The molecule has 35 heavy (non-hydrogen) atoms. The number of benzene rings is 3. The van der Waals surface area contributed by atoms with Crippen LogP contribution in [-0.2, 0) is 25.5 Å². The maximum Gasteiger partial charge on any atom is 0.355 e. The number of amides is 2. The highest BCUT2D eigenvalue weighted by Gasteiger charge is 2.53. The Morgan fingerprint density at radius 2 is 1.49 bits per heavy atom. The minimum Gasteiger partial charge on any atom is -0.448 e. The molecule has 1 N–H and O–H groups in total. The van der Waals surface area contributed by atoms with Gasteiger partial charge < -0.3 is 10.1 Å². The Labute approximate surface area is 208 Å². The van der Waals surface area contributed by atoms with Gasteiger partial charge in [0.2, 0.25) is 5.91 Å². The summed E-state index contributed by atoms with van der Waals surface area (Å²) < 4.78 is 5.96. The third-order valence-electron chi connectivity index (χ3n) is 6.01. The molecule has 1 fully saturated rings. The van der Waals surface area contributed by atoms with Crippen LogP contribution in [0.25, 0.3) is 0 Å². The van der Waals surface area contributed by atoms with Crippen LogP contribution in [0.2, 0.25) is 0 Å². The van der Waals surface area contributed by atoms with Gasteiger partial charge in [-0.3, -0.25) is 14.5 Å². The number of hydrogen-bond donors (Lipinski definition) is 1. The van der Waals surface area contributed by atoms with Crippen LogP contribution in [0.4, 0.5) is 0 Å². The van der Waals surface area contributed by atoms with Crippen LogP contribution in [0, 0.1) is 0 Å². The predicted molar refractivity (Wildman–Crippen MR) is 134 cm³/mol. The van der Waals surface area contributed by atoms with Gasteiger partial charge in [-0.25, -0.2) is 4.79 Å². The first kappa shape index (κ1) is 22.9. The molecule has 176 valence electrons. The second-order valence-corrected chi connectivity index (χ2v) is 9.49. The fourth-order valence-electron chi connectivity index (χ4n) is 4.29. The molecular formula is C28H24N2O4S. The largest absolute Gasteiger partial charge is 0.448 e. The minimum atomic E-state index is -0.660. The SMILES string of the molecule is O=C(Cc1ccccc1)N[C@@H]1C(=O)N2C(C(=O)OC(c3ccccc3)c3ccccc3)=CCSC12. The average molecular weight is 485 g/mol. The van der Waals surface area contributed by atoms with E-state index in [1.54, 1.807) is 6.08 Å². The normalized spacial score (nSPS) is 18.8. The molecule has 5 rings (SSSR count). The van der Waals surface area contributed by atoms with Gasteiger partial charge >= 0.3 is 5.97 Å². The van der Waals surface area contributed by atoms with Crippen LogP contribution >= 0.6 is 11.8 Å². The molecule has 1 saturated heterocycles. The van der Waals surface area contributed by atoms with Crippen molar-refractivity contribution in [3.8, 4) is 0 Å². The second-order valence-electron chi connectivity index (χ2n) is 8.34. The van der Waals surface area contributed by atoms with Crippen LogP contribution in [0.1, 0.15) is 22.8 Å². The maximum atomic E-state index is 13.3. The molecule has 3 aromatic carbocycles. The van der Waals surface area contributed by atoms with Crippen molar-refractivity contribution in [3.05, 3.63) is 119 Å². The van der Waals surface area contributed by atoms with Gasteiger partial charge in [0.05, 0.1) is 6.42 Å². The fourth-order valence-corrected chi connectivity index (χ4v) is 5.48. The Hall–Kier alpha value is -3.84. The number of ether oxygens (including phenoxy) is 1. The topological polar surface area (TPSA) is 75.7 Å². The summed E-state index contributed by atoms with van der Waals surface area (Å²) in [6.45, 7) is 0.